The molecule has 0 fully saturated rings. The number of ketones is 1. The van der Waals surface area contributed by atoms with Gasteiger partial charge in [0.25, 0.3) is 0 Å². The van der Waals surface area contributed by atoms with Gasteiger partial charge in [-0.2, -0.15) is 0 Å². The Morgan fingerprint density at radius 1 is 1.25 bits per heavy atom. The minimum absolute atomic E-state index is 0.0149. The van der Waals surface area contributed by atoms with Crippen molar-refractivity contribution in [2.24, 2.45) is 0 Å². The number of benzene rings is 1. The van der Waals surface area contributed by atoms with Crippen LogP contribution in [-0.4, -0.2) is 30.8 Å². The van der Waals surface area contributed by atoms with Gasteiger partial charge in [0.2, 0.25) is 5.91 Å². The van der Waals surface area contributed by atoms with Gasteiger partial charge < -0.3 is 15.4 Å². The smallest absolute Gasteiger partial charge is 0.341 e. The van der Waals surface area contributed by atoms with Crippen molar-refractivity contribution in [3.05, 3.63) is 50.9 Å². The number of hydrogen-bond donors (Lipinski definition) is 2. The molecule has 1 heterocycles. The van der Waals surface area contributed by atoms with Gasteiger partial charge in [-0.3, -0.25) is 9.59 Å². The molecular weight excluding hydrogens is 400 g/mol. The van der Waals surface area contributed by atoms with Crippen LogP contribution in [-0.2, 0) is 9.53 Å². The molecule has 0 aliphatic heterocycles. The number of hydrogen-bond acceptors (Lipinski definition) is 6. The van der Waals surface area contributed by atoms with Crippen LogP contribution in [0.1, 0.15) is 58.0 Å². The van der Waals surface area contributed by atoms with E-state index in [-0.39, 0.29) is 36.4 Å². The van der Waals surface area contributed by atoms with Crippen LogP contribution < -0.4 is 10.6 Å². The number of carbonyl (C=O) groups excluding carboxylic acids is 3. The SMILES string of the molecule is CCOC(=O)c1c(NC(=O)CN[C@H](C)c2ccccc2Cl)sc(C(C)=O)c1C. The van der Waals surface area contributed by atoms with Gasteiger partial charge in [0.15, 0.2) is 5.78 Å². The third-order valence-corrected chi connectivity index (χ3v) is 5.79. The van der Waals surface area contributed by atoms with Gasteiger partial charge in [-0.05, 0) is 44.9 Å². The van der Waals surface area contributed by atoms with Crippen molar-refractivity contribution in [3.8, 4) is 0 Å². The molecule has 2 aromatic rings. The van der Waals surface area contributed by atoms with Gasteiger partial charge in [0.05, 0.1) is 23.6 Å². The van der Waals surface area contributed by atoms with Gasteiger partial charge >= 0.3 is 5.97 Å². The summed E-state index contributed by atoms with van der Waals surface area (Å²) in [5, 5.41) is 6.76. The zero-order valence-corrected chi connectivity index (χ0v) is 17.8. The van der Waals surface area contributed by atoms with Crippen LogP contribution in [0.25, 0.3) is 0 Å². The normalized spacial score (nSPS) is 11.8. The number of rotatable bonds is 8. The van der Waals surface area contributed by atoms with Gasteiger partial charge in [-0.1, -0.05) is 29.8 Å². The Hall–Kier alpha value is -2.22. The van der Waals surface area contributed by atoms with E-state index in [9.17, 15) is 14.4 Å². The number of Topliss-reactive ketones (excluding diaryl/α,β-unsaturated/α-hetero) is 1. The van der Waals surface area contributed by atoms with E-state index in [1.807, 2.05) is 25.1 Å². The molecule has 1 atom stereocenters. The molecule has 0 unspecified atom stereocenters. The molecule has 6 nitrogen and oxygen atoms in total. The van der Waals surface area contributed by atoms with Crippen LogP contribution in [0.4, 0.5) is 5.00 Å². The molecule has 1 amide bonds. The monoisotopic (exact) mass is 422 g/mol. The quantitative estimate of drug-likeness (QED) is 0.487. The van der Waals surface area contributed by atoms with Crippen LogP contribution >= 0.6 is 22.9 Å². The number of anilines is 1. The zero-order valence-electron chi connectivity index (χ0n) is 16.2. The van der Waals surface area contributed by atoms with Gasteiger partial charge in [-0.15, -0.1) is 11.3 Å². The van der Waals surface area contributed by atoms with E-state index in [4.69, 9.17) is 16.3 Å². The summed E-state index contributed by atoms with van der Waals surface area (Å²) in [7, 11) is 0. The van der Waals surface area contributed by atoms with Crippen LogP contribution in [0.15, 0.2) is 24.3 Å². The van der Waals surface area contributed by atoms with Crippen LogP contribution in [0.5, 0.6) is 0 Å². The molecule has 0 bridgehead atoms. The first-order valence-corrected chi connectivity index (χ1v) is 10.0. The highest BCUT2D eigenvalue weighted by Crippen LogP contribution is 2.34. The van der Waals surface area contributed by atoms with E-state index >= 15 is 0 Å². The topological polar surface area (TPSA) is 84.5 Å². The van der Waals surface area contributed by atoms with E-state index in [0.717, 1.165) is 16.9 Å². The summed E-state index contributed by atoms with van der Waals surface area (Å²) in [5.41, 5.74) is 1.63. The van der Waals surface area contributed by atoms with Crippen molar-refractivity contribution in [2.45, 2.75) is 33.7 Å². The number of amides is 1. The van der Waals surface area contributed by atoms with Gasteiger partial charge in [0, 0.05) is 11.1 Å². The number of nitrogens with one attached hydrogen (secondary N) is 2. The average Bonchev–Trinajstić information content (AvgIpc) is 2.96. The van der Waals surface area contributed by atoms with Crippen molar-refractivity contribution in [3.63, 3.8) is 0 Å². The minimum atomic E-state index is -0.559. The minimum Gasteiger partial charge on any atom is -0.462 e. The molecule has 1 aromatic carbocycles. The summed E-state index contributed by atoms with van der Waals surface area (Å²) in [4.78, 5) is 37.0. The fraction of sp³-hybridized carbons (Fsp3) is 0.350. The zero-order chi connectivity index (χ0) is 20.8. The Labute approximate surface area is 173 Å². The molecule has 8 heteroatoms. The molecule has 1 aromatic heterocycles. The molecular formula is C20H23ClN2O4S. The lowest BCUT2D eigenvalue weighted by molar-refractivity contribution is -0.115. The number of thiophene rings is 1. The molecule has 2 N–H and O–H groups in total. The molecule has 0 spiro atoms. The molecule has 0 saturated heterocycles. The highest BCUT2D eigenvalue weighted by atomic mass is 35.5. The third kappa shape index (κ3) is 5.19. The molecule has 150 valence electrons. The molecule has 0 radical (unpaired) electrons. The molecule has 0 saturated carbocycles. The maximum absolute atomic E-state index is 12.4. The number of esters is 1. The fourth-order valence-corrected chi connectivity index (χ4v) is 4.15. The number of halogens is 1. The Balaban J connectivity index is 2.12. The average molecular weight is 423 g/mol. The maximum atomic E-state index is 12.4. The van der Waals surface area contributed by atoms with E-state index in [1.54, 1.807) is 19.9 Å². The lowest BCUT2D eigenvalue weighted by Crippen LogP contribution is -2.30. The van der Waals surface area contributed by atoms with E-state index < -0.39 is 5.97 Å². The molecule has 0 aliphatic carbocycles. The molecule has 0 aliphatic rings. The van der Waals surface area contributed by atoms with Crippen LogP contribution in [0.2, 0.25) is 5.02 Å². The number of carbonyl (C=O) groups is 3. The Morgan fingerprint density at radius 2 is 1.93 bits per heavy atom. The summed E-state index contributed by atoms with van der Waals surface area (Å²) >= 11 is 7.26. The fourth-order valence-electron chi connectivity index (χ4n) is 2.74. The second-order valence-corrected chi connectivity index (χ2v) is 7.64. The second kappa shape index (κ2) is 9.82. The second-order valence-electron chi connectivity index (χ2n) is 6.21. The van der Waals surface area contributed by atoms with Crippen LogP contribution in [0.3, 0.4) is 0 Å². The van der Waals surface area contributed by atoms with E-state index in [0.29, 0.717) is 20.5 Å². The number of ether oxygens (including phenoxy) is 1. The van der Waals surface area contributed by atoms with E-state index in [2.05, 4.69) is 10.6 Å². The van der Waals surface area contributed by atoms with Crippen LogP contribution in [0, 0.1) is 6.92 Å². The van der Waals surface area contributed by atoms with Crippen molar-refractivity contribution in [1.29, 1.82) is 0 Å². The highest BCUT2D eigenvalue weighted by molar-refractivity contribution is 7.18. The van der Waals surface area contributed by atoms with E-state index in [1.165, 1.54) is 6.92 Å². The summed E-state index contributed by atoms with van der Waals surface area (Å²) in [5.74, 6) is -1.06. The van der Waals surface area contributed by atoms with Gasteiger partial charge in [-0.25, -0.2) is 4.79 Å². The lowest BCUT2D eigenvalue weighted by atomic mass is 10.1. The Kier molecular flexibility index (Phi) is 7.74. The maximum Gasteiger partial charge on any atom is 0.341 e. The summed E-state index contributed by atoms with van der Waals surface area (Å²) in [6.45, 7) is 6.92. The van der Waals surface area contributed by atoms with Gasteiger partial charge in [0.1, 0.15) is 5.00 Å². The predicted octanol–water partition coefficient (Wildman–Crippen LogP) is 4.38. The Morgan fingerprint density at radius 3 is 2.54 bits per heavy atom. The highest BCUT2D eigenvalue weighted by Gasteiger charge is 2.25. The third-order valence-electron chi connectivity index (χ3n) is 4.14. The molecule has 2 rings (SSSR count). The first-order chi connectivity index (χ1) is 13.3. The predicted molar refractivity (Wildman–Crippen MR) is 112 cm³/mol. The van der Waals surface area contributed by atoms with Crippen molar-refractivity contribution in [1.82, 2.24) is 5.32 Å². The lowest BCUT2D eigenvalue weighted by Gasteiger charge is -2.15. The summed E-state index contributed by atoms with van der Waals surface area (Å²) < 4.78 is 5.07. The standard InChI is InChI=1S/C20H23ClN2O4S/c1-5-27-20(26)17-11(2)18(13(4)24)28-19(17)23-16(25)10-22-12(3)14-8-6-7-9-15(14)21/h6-9,12,22H,5,10H2,1-4H3,(H,23,25)/t12-/m1/s1. The first kappa shape index (κ1) is 22.1. The first-order valence-electron chi connectivity index (χ1n) is 8.85. The molecule has 28 heavy (non-hydrogen) atoms. The van der Waals surface area contributed by atoms with Crippen molar-refractivity contribution < 1.29 is 19.1 Å². The summed E-state index contributed by atoms with van der Waals surface area (Å²) in [6.07, 6.45) is 0. The van der Waals surface area contributed by atoms with Crippen molar-refractivity contribution >= 4 is 45.6 Å². The van der Waals surface area contributed by atoms with Crippen molar-refractivity contribution in [2.75, 3.05) is 18.5 Å². The Bertz CT molecular complexity index is 894. The largest absolute Gasteiger partial charge is 0.462 e. The summed E-state index contributed by atoms with van der Waals surface area (Å²) in [6, 6.07) is 7.26.